The second-order valence-electron chi connectivity index (χ2n) is 5.65. The number of benzene rings is 2. The van der Waals surface area contributed by atoms with Crippen molar-refractivity contribution in [1.29, 1.82) is 0 Å². The summed E-state index contributed by atoms with van der Waals surface area (Å²) in [5.41, 5.74) is 4.82. The van der Waals surface area contributed by atoms with E-state index in [4.69, 9.17) is 26.5 Å². The van der Waals surface area contributed by atoms with E-state index in [1.54, 1.807) is 31.2 Å². The highest BCUT2D eigenvalue weighted by Crippen LogP contribution is 2.24. The number of nitrogens with one attached hydrogen (secondary N) is 1. The molecule has 0 bridgehead atoms. The summed E-state index contributed by atoms with van der Waals surface area (Å²) in [5, 5.41) is 3.03. The Hall–Kier alpha value is -3.13. The number of halogens is 3. The number of rotatable bonds is 5. The van der Waals surface area contributed by atoms with Gasteiger partial charge >= 0.3 is 6.08 Å². The molecule has 6 nitrogen and oxygen atoms in total. The molecule has 0 fully saturated rings. The lowest BCUT2D eigenvalue weighted by molar-refractivity contribution is 0.0934. The average molecular weight is 394 g/mol. The fourth-order valence-electron chi connectivity index (χ4n) is 2.25. The second kappa shape index (κ2) is 7.63. The van der Waals surface area contributed by atoms with Crippen LogP contribution in [0.5, 0.6) is 11.8 Å². The van der Waals surface area contributed by atoms with Gasteiger partial charge in [-0.1, -0.05) is 17.7 Å². The first-order valence-electron chi connectivity index (χ1n) is 7.77. The molecule has 0 saturated heterocycles. The van der Waals surface area contributed by atoms with E-state index in [1.807, 2.05) is 0 Å². The summed E-state index contributed by atoms with van der Waals surface area (Å²) >= 11 is 5.86. The van der Waals surface area contributed by atoms with Crippen LogP contribution in [-0.4, -0.2) is 10.9 Å². The standard InChI is InChI=1S/C18H14ClF2N3O3/c1-9(10-5-13(20)16(22)14(21)6-10)23-17(25)15-8-26-18(24-15)27-12-4-2-3-11(19)7-12/h2-9H,22H2,1H3,(H,23,25)/t9-/m1/s1. The highest BCUT2D eigenvalue weighted by atomic mass is 35.5. The van der Waals surface area contributed by atoms with Crippen LogP contribution in [0.25, 0.3) is 0 Å². The largest absolute Gasteiger partial charge is 0.416 e. The maximum absolute atomic E-state index is 13.6. The maximum atomic E-state index is 13.6. The Bertz CT molecular complexity index is 970. The maximum Gasteiger partial charge on any atom is 0.399 e. The highest BCUT2D eigenvalue weighted by Gasteiger charge is 2.18. The van der Waals surface area contributed by atoms with Gasteiger partial charge in [-0.25, -0.2) is 8.78 Å². The number of hydrogen-bond donors (Lipinski definition) is 2. The Balaban J connectivity index is 1.69. The van der Waals surface area contributed by atoms with E-state index in [0.717, 1.165) is 18.4 Å². The summed E-state index contributed by atoms with van der Waals surface area (Å²) < 4.78 is 37.6. The first-order chi connectivity index (χ1) is 12.8. The third-order valence-electron chi connectivity index (χ3n) is 3.67. The molecule has 2 aromatic carbocycles. The van der Waals surface area contributed by atoms with Crippen molar-refractivity contribution in [2.45, 2.75) is 13.0 Å². The highest BCUT2D eigenvalue weighted by molar-refractivity contribution is 6.30. The fraction of sp³-hybridized carbons (Fsp3) is 0.111. The molecule has 9 heteroatoms. The SMILES string of the molecule is C[C@@H](NC(=O)c1coc(Oc2cccc(Cl)c2)n1)c1cc(F)c(N)c(F)c1. The Morgan fingerprint density at radius 2 is 2.00 bits per heavy atom. The molecule has 0 spiro atoms. The summed E-state index contributed by atoms with van der Waals surface area (Å²) in [5.74, 6) is -2.02. The van der Waals surface area contributed by atoms with Crippen molar-refractivity contribution >= 4 is 23.2 Å². The van der Waals surface area contributed by atoms with Gasteiger partial charge in [0.15, 0.2) is 5.69 Å². The number of aromatic nitrogens is 1. The lowest BCUT2D eigenvalue weighted by atomic mass is 10.1. The van der Waals surface area contributed by atoms with Crippen LogP contribution in [-0.2, 0) is 0 Å². The van der Waals surface area contributed by atoms with Crippen LogP contribution in [0.15, 0.2) is 47.1 Å². The smallest absolute Gasteiger partial charge is 0.399 e. The van der Waals surface area contributed by atoms with E-state index in [9.17, 15) is 13.6 Å². The summed E-state index contributed by atoms with van der Waals surface area (Å²) in [7, 11) is 0. The number of nitrogen functional groups attached to an aromatic ring is 1. The molecule has 0 aliphatic rings. The van der Waals surface area contributed by atoms with E-state index >= 15 is 0 Å². The predicted octanol–water partition coefficient (Wildman–Crippen LogP) is 4.47. The molecular weight excluding hydrogens is 380 g/mol. The second-order valence-corrected chi connectivity index (χ2v) is 6.09. The van der Waals surface area contributed by atoms with Gasteiger partial charge in [0.2, 0.25) is 0 Å². The van der Waals surface area contributed by atoms with E-state index < -0.39 is 29.3 Å². The van der Waals surface area contributed by atoms with Crippen LogP contribution in [0.2, 0.25) is 5.02 Å². The number of carbonyl (C=O) groups is 1. The fourth-order valence-corrected chi connectivity index (χ4v) is 2.43. The van der Waals surface area contributed by atoms with Crippen molar-refractivity contribution in [2.75, 3.05) is 5.73 Å². The van der Waals surface area contributed by atoms with E-state index in [-0.39, 0.29) is 17.3 Å². The number of amides is 1. The molecule has 140 valence electrons. The number of carbonyl (C=O) groups excluding carboxylic acids is 1. The quantitative estimate of drug-likeness (QED) is 0.624. The van der Waals surface area contributed by atoms with Crippen LogP contribution >= 0.6 is 11.6 Å². The van der Waals surface area contributed by atoms with Gasteiger partial charge in [0.1, 0.15) is 29.3 Å². The number of hydrogen-bond acceptors (Lipinski definition) is 5. The van der Waals surface area contributed by atoms with Crippen molar-refractivity contribution in [3.8, 4) is 11.8 Å². The third kappa shape index (κ3) is 4.35. The summed E-state index contributed by atoms with van der Waals surface area (Å²) in [6, 6.07) is 7.96. The average Bonchev–Trinajstić information content (AvgIpc) is 3.07. The zero-order valence-corrected chi connectivity index (χ0v) is 14.8. The number of nitrogens with zero attached hydrogens (tertiary/aromatic N) is 1. The Morgan fingerprint density at radius 1 is 1.30 bits per heavy atom. The number of ether oxygens (including phenoxy) is 1. The van der Waals surface area contributed by atoms with Crippen LogP contribution < -0.4 is 15.8 Å². The minimum absolute atomic E-state index is 0.0599. The first-order valence-corrected chi connectivity index (χ1v) is 8.15. The van der Waals surface area contributed by atoms with Crippen molar-refractivity contribution in [3.05, 3.63) is 70.6 Å². The van der Waals surface area contributed by atoms with Crippen LogP contribution in [0.3, 0.4) is 0 Å². The lowest BCUT2D eigenvalue weighted by Crippen LogP contribution is -2.27. The van der Waals surface area contributed by atoms with Crippen LogP contribution in [0.1, 0.15) is 29.0 Å². The lowest BCUT2D eigenvalue weighted by Gasteiger charge is -2.14. The molecule has 1 aromatic heterocycles. The normalized spacial score (nSPS) is 11.9. The predicted molar refractivity (Wildman–Crippen MR) is 94.7 cm³/mol. The summed E-state index contributed by atoms with van der Waals surface area (Å²) in [4.78, 5) is 16.2. The minimum Gasteiger partial charge on any atom is -0.416 e. The number of nitrogens with two attached hydrogens (primary N) is 1. The molecule has 1 heterocycles. The van der Waals surface area contributed by atoms with Gasteiger partial charge in [-0.2, -0.15) is 4.98 Å². The van der Waals surface area contributed by atoms with Crippen molar-refractivity contribution in [2.24, 2.45) is 0 Å². The third-order valence-corrected chi connectivity index (χ3v) is 3.90. The zero-order valence-electron chi connectivity index (χ0n) is 14.0. The molecule has 1 atom stereocenters. The number of anilines is 1. The van der Waals surface area contributed by atoms with Gasteiger partial charge in [-0.05, 0) is 42.8 Å². The topological polar surface area (TPSA) is 90.4 Å². The monoisotopic (exact) mass is 393 g/mol. The Kier molecular flexibility index (Phi) is 5.27. The minimum atomic E-state index is -0.898. The van der Waals surface area contributed by atoms with Gasteiger partial charge in [0.05, 0.1) is 6.04 Å². The molecule has 27 heavy (non-hydrogen) atoms. The van der Waals surface area contributed by atoms with E-state index in [2.05, 4.69) is 10.3 Å². The molecular formula is C18H14ClF2N3O3. The molecule has 0 aliphatic carbocycles. The summed E-state index contributed by atoms with van der Waals surface area (Å²) in [6.07, 6.45) is 0.950. The van der Waals surface area contributed by atoms with Crippen LogP contribution in [0.4, 0.5) is 14.5 Å². The van der Waals surface area contributed by atoms with E-state index in [1.165, 1.54) is 0 Å². The van der Waals surface area contributed by atoms with Gasteiger partial charge in [-0.15, -0.1) is 0 Å². The van der Waals surface area contributed by atoms with Crippen molar-refractivity contribution in [3.63, 3.8) is 0 Å². The molecule has 0 saturated carbocycles. The van der Waals surface area contributed by atoms with E-state index in [0.29, 0.717) is 10.8 Å². The molecule has 3 rings (SSSR count). The van der Waals surface area contributed by atoms with Crippen molar-refractivity contribution < 1.29 is 22.7 Å². The van der Waals surface area contributed by atoms with Gasteiger partial charge < -0.3 is 20.2 Å². The molecule has 3 N–H and O–H groups in total. The molecule has 1 amide bonds. The number of oxazole rings is 1. The van der Waals surface area contributed by atoms with Gasteiger partial charge in [0, 0.05) is 5.02 Å². The Labute approximate surface area is 157 Å². The van der Waals surface area contributed by atoms with Crippen molar-refractivity contribution in [1.82, 2.24) is 10.3 Å². The first kappa shape index (κ1) is 18.7. The molecule has 0 aliphatic heterocycles. The molecule has 3 aromatic rings. The summed E-state index contributed by atoms with van der Waals surface area (Å²) in [6.45, 7) is 1.56. The van der Waals surface area contributed by atoms with Crippen LogP contribution in [0, 0.1) is 11.6 Å². The molecule has 0 radical (unpaired) electrons. The van der Waals surface area contributed by atoms with Gasteiger partial charge in [0.25, 0.3) is 5.91 Å². The zero-order chi connectivity index (χ0) is 19.6. The molecule has 0 unspecified atom stereocenters. The Morgan fingerprint density at radius 3 is 2.67 bits per heavy atom. The van der Waals surface area contributed by atoms with Gasteiger partial charge in [-0.3, -0.25) is 4.79 Å².